The maximum Gasteiger partial charge on any atom is 0.223 e. The molecular formula is C15H17ClN2O3. The number of hydrogen-bond acceptors (Lipinski definition) is 5. The highest BCUT2D eigenvalue weighted by Gasteiger charge is 2.29. The largest absolute Gasteiger partial charge is 0.474 e. The lowest BCUT2D eigenvalue weighted by Gasteiger charge is -2.24. The number of ether oxygens (including phenoxy) is 2. The van der Waals surface area contributed by atoms with Gasteiger partial charge in [0, 0.05) is 25.1 Å². The van der Waals surface area contributed by atoms with Gasteiger partial charge in [0.05, 0.1) is 12.0 Å². The number of hydrogen-bond donors (Lipinski definition) is 1. The molecule has 1 saturated carbocycles. The SMILES string of the molecule is COC[C@@](C)(O)c1cnc(OC2CC2)c2cnc(Cl)cc12. The minimum Gasteiger partial charge on any atom is -0.474 e. The third-order valence-electron chi connectivity index (χ3n) is 3.51. The molecular weight excluding hydrogens is 292 g/mol. The molecule has 0 amide bonds. The fourth-order valence-corrected chi connectivity index (χ4v) is 2.47. The predicted octanol–water partition coefficient (Wildman–Crippen LogP) is 2.68. The van der Waals surface area contributed by atoms with Crippen molar-refractivity contribution in [2.24, 2.45) is 0 Å². The van der Waals surface area contributed by atoms with Crippen LogP contribution in [0, 0.1) is 0 Å². The zero-order valence-electron chi connectivity index (χ0n) is 12.0. The first-order valence-corrected chi connectivity index (χ1v) is 7.22. The summed E-state index contributed by atoms with van der Waals surface area (Å²) in [4.78, 5) is 8.44. The van der Waals surface area contributed by atoms with Crippen LogP contribution in [0.15, 0.2) is 18.5 Å². The first-order valence-electron chi connectivity index (χ1n) is 6.84. The Kier molecular flexibility index (Phi) is 3.73. The fraction of sp³-hybridized carbons (Fsp3) is 0.467. The van der Waals surface area contributed by atoms with E-state index in [0.717, 1.165) is 23.6 Å². The van der Waals surface area contributed by atoms with E-state index < -0.39 is 5.60 Å². The van der Waals surface area contributed by atoms with Crippen molar-refractivity contribution in [1.29, 1.82) is 0 Å². The summed E-state index contributed by atoms with van der Waals surface area (Å²) in [5.41, 5.74) is -0.519. The van der Waals surface area contributed by atoms with Crippen molar-refractivity contribution in [3.63, 3.8) is 0 Å². The summed E-state index contributed by atoms with van der Waals surface area (Å²) in [6.45, 7) is 1.84. The quantitative estimate of drug-likeness (QED) is 0.860. The minimum atomic E-state index is -1.16. The van der Waals surface area contributed by atoms with Crippen LogP contribution in [-0.4, -0.2) is 34.9 Å². The van der Waals surface area contributed by atoms with Crippen molar-refractivity contribution in [2.45, 2.75) is 31.5 Å². The Hall–Kier alpha value is -1.43. The Morgan fingerprint density at radius 3 is 2.76 bits per heavy atom. The molecule has 1 N–H and O–H groups in total. The zero-order valence-corrected chi connectivity index (χ0v) is 12.7. The summed E-state index contributed by atoms with van der Waals surface area (Å²) < 4.78 is 10.9. The lowest BCUT2D eigenvalue weighted by atomic mass is 9.94. The Morgan fingerprint density at radius 2 is 2.10 bits per heavy atom. The highest BCUT2D eigenvalue weighted by atomic mass is 35.5. The van der Waals surface area contributed by atoms with E-state index in [1.165, 1.54) is 0 Å². The first kappa shape index (κ1) is 14.5. The van der Waals surface area contributed by atoms with E-state index in [-0.39, 0.29) is 12.7 Å². The predicted molar refractivity (Wildman–Crippen MR) is 79.6 cm³/mol. The number of halogens is 1. The Balaban J connectivity index is 2.14. The van der Waals surface area contributed by atoms with Crippen molar-refractivity contribution in [2.75, 3.05) is 13.7 Å². The van der Waals surface area contributed by atoms with Crippen LogP contribution in [0.25, 0.3) is 10.8 Å². The molecule has 3 rings (SSSR count). The number of rotatable bonds is 5. The molecule has 0 aliphatic heterocycles. The van der Waals surface area contributed by atoms with Gasteiger partial charge in [0.25, 0.3) is 0 Å². The van der Waals surface area contributed by atoms with E-state index in [9.17, 15) is 5.11 Å². The first-order chi connectivity index (χ1) is 10.0. The molecule has 2 aromatic rings. The van der Waals surface area contributed by atoms with Crippen molar-refractivity contribution >= 4 is 22.4 Å². The van der Waals surface area contributed by atoms with E-state index in [4.69, 9.17) is 21.1 Å². The summed E-state index contributed by atoms with van der Waals surface area (Å²) in [7, 11) is 1.54. The van der Waals surface area contributed by atoms with Crippen LogP contribution in [0.3, 0.4) is 0 Å². The normalized spacial score (nSPS) is 17.7. The highest BCUT2D eigenvalue weighted by molar-refractivity contribution is 6.30. The van der Waals surface area contributed by atoms with Crippen LogP contribution in [0.1, 0.15) is 25.3 Å². The van der Waals surface area contributed by atoms with Crippen LogP contribution < -0.4 is 4.74 Å². The summed E-state index contributed by atoms with van der Waals surface area (Å²) in [5, 5.41) is 12.5. The van der Waals surface area contributed by atoms with Crippen molar-refractivity contribution in [1.82, 2.24) is 9.97 Å². The number of nitrogens with zero attached hydrogens (tertiary/aromatic N) is 2. The molecule has 21 heavy (non-hydrogen) atoms. The maximum absolute atomic E-state index is 10.6. The Morgan fingerprint density at radius 1 is 1.33 bits per heavy atom. The van der Waals surface area contributed by atoms with Gasteiger partial charge in [0.2, 0.25) is 5.88 Å². The standard InChI is InChI=1S/C15H17ClN2O3/c1-15(19,8-20-2)12-7-18-14(21-9-3-4-9)11-6-17-13(16)5-10(11)12/h5-7,9,19H,3-4,8H2,1-2H3/t15-/m1/s1. The highest BCUT2D eigenvalue weighted by Crippen LogP contribution is 2.35. The lowest BCUT2D eigenvalue weighted by molar-refractivity contribution is -0.0199. The van der Waals surface area contributed by atoms with Gasteiger partial charge in [-0.1, -0.05) is 11.6 Å². The molecule has 112 valence electrons. The van der Waals surface area contributed by atoms with Gasteiger partial charge in [-0.05, 0) is 31.2 Å². The van der Waals surface area contributed by atoms with Gasteiger partial charge in [0.1, 0.15) is 16.9 Å². The molecule has 0 aromatic carbocycles. The van der Waals surface area contributed by atoms with E-state index >= 15 is 0 Å². The van der Waals surface area contributed by atoms with Crippen LogP contribution in [0.2, 0.25) is 5.15 Å². The number of aromatic nitrogens is 2. The topological polar surface area (TPSA) is 64.5 Å². The molecule has 5 nitrogen and oxygen atoms in total. The second-order valence-electron chi connectivity index (χ2n) is 5.55. The third-order valence-corrected chi connectivity index (χ3v) is 3.72. The van der Waals surface area contributed by atoms with Gasteiger partial charge in [-0.25, -0.2) is 9.97 Å². The summed E-state index contributed by atoms with van der Waals surface area (Å²) in [5.74, 6) is 0.536. The van der Waals surface area contributed by atoms with Gasteiger partial charge < -0.3 is 14.6 Å². The van der Waals surface area contributed by atoms with Gasteiger partial charge in [-0.15, -0.1) is 0 Å². The average molecular weight is 309 g/mol. The molecule has 0 spiro atoms. The molecule has 2 aromatic heterocycles. The van der Waals surface area contributed by atoms with Crippen LogP contribution in [0.4, 0.5) is 0 Å². The molecule has 1 aliphatic carbocycles. The zero-order chi connectivity index (χ0) is 15.0. The number of aliphatic hydroxyl groups is 1. The average Bonchev–Trinajstić information content (AvgIpc) is 3.22. The van der Waals surface area contributed by atoms with Gasteiger partial charge in [-0.2, -0.15) is 0 Å². The summed E-state index contributed by atoms with van der Waals surface area (Å²) in [6.07, 6.45) is 5.59. The summed E-state index contributed by atoms with van der Waals surface area (Å²) in [6, 6.07) is 1.72. The van der Waals surface area contributed by atoms with Crippen LogP contribution in [0.5, 0.6) is 5.88 Å². The number of fused-ring (bicyclic) bond motifs is 1. The second-order valence-corrected chi connectivity index (χ2v) is 5.94. The minimum absolute atomic E-state index is 0.159. The van der Waals surface area contributed by atoms with E-state index in [1.807, 2.05) is 0 Å². The number of methoxy groups -OCH3 is 1. The third kappa shape index (κ3) is 2.95. The number of pyridine rings is 2. The second kappa shape index (κ2) is 5.40. The van der Waals surface area contributed by atoms with Crippen molar-refractivity contribution < 1.29 is 14.6 Å². The molecule has 0 radical (unpaired) electrons. The van der Waals surface area contributed by atoms with E-state index in [2.05, 4.69) is 9.97 Å². The van der Waals surface area contributed by atoms with Crippen LogP contribution in [-0.2, 0) is 10.3 Å². The molecule has 2 heterocycles. The fourth-order valence-electron chi connectivity index (χ4n) is 2.31. The van der Waals surface area contributed by atoms with Crippen molar-refractivity contribution in [3.8, 4) is 5.88 Å². The molecule has 1 aliphatic rings. The molecule has 6 heteroatoms. The molecule has 1 fully saturated rings. The van der Waals surface area contributed by atoms with Crippen LogP contribution >= 0.6 is 11.6 Å². The van der Waals surface area contributed by atoms with E-state index in [0.29, 0.717) is 16.6 Å². The maximum atomic E-state index is 10.6. The molecule has 1 atom stereocenters. The Bertz CT molecular complexity index is 671. The molecule has 0 saturated heterocycles. The van der Waals surface area contributed by atoms with E-state index in [1.54, 1.807) is 32.5 Å². The lowest BCUT2D eigenvalue weighted by Crippen LogP contribution is -2.27. The summed E-state index contributed by atoms with van der Waals surface area (Å²) >= 11 is 6.00. The molecule has 0 unspecified atom stereocenters. The van der Waals surface area contributed by atoms with Gasteiger partial charge in [0.15, 0.2) is 0 Å². The smallest absolute Gasteiger partial charge is 0.223 e. The monoisotopic (exact) mass is 308 g/mol. The molecule has 0 bridgehead atoms. The van der Waals surface area contributed by atoms with Gasteiger partial charge in [-0.3, -0.25) is 0 Å². The van der Waals surface area contributed by atoms with Crippen molar-refractivity contribution in [3.05, 3.63) is 29.2 Å². The van der Waals surface area contributed by atoms with Gasteiger partial charge >= 0.3 is 0 Å². The Labute approximate surface area is 127 Å².